The van der Waals surface area contributed by atoms with E-state index >= 15 is 0 Å². The van der Waals surface area contributed by atoms with E-state index in [1.54, 1.807) is 7.11 Å². The topological polar surface area (TPSA) is 50.4 Å². The molecule has 0 heterocycles. The number of ketones is 1. The van der Waals surface area contributed by atoms with E-state index in [4.69, 9.17) is 17.0 Å². The molecule has 4 nitrogen and oxygen atoms in total. The van der Waals surface area contributed by atoms with Crippen molar-refractivity contribution in [1.29, 1.82) is 0 Å². The molecule has 4 aromatic carbocycles. The molecule has 2 N–H and O–H groups in total. The molecule has 0 unspecified atom stereocenters. The number of nitrogens with one attached hydrogen (secondary N) is 2. The van der Waals surface area contributed by atoms with Gasteiger partial charge in [-0.25, -0.2) is 0 Å². The van der Waals surface area contributed by atoms with Crippen LogP contribution in [0.5, 0.6) is 5.75 Å². The van der Waals surface area contributed by atoms with Crippen molar-refractivity contribution in [3.05, 3.63) is 108 Å². The van der Waals surface area contributed by atoms with Crippen molar-refractivity contribution >= 4 is 46.3 Å². The number of thiocarbonyl (C=S) groups is 1. The summed E-state index contributed by atoms with van der Waals surface area (Å²) in [5.41, 5.74) is 7.47. The molecule has 1 aliphatic rings. The van der Waals surface area contributed by atoms with Crippen LogP contribution in [0.3, 0.4) is 0 Å². The monoisotopic (exact) mass is 496 g/mol. The van der Waals surface area contributed by atoms with Crippen LogP contribution < -0.4 is 15.4 Å². The zero-order chi connectivity index (χ0) is 24.2. The van der Waals surface area contributed by atoms with Gasteiger partial charge in [-0.3, -0.25) is 4.79 Å². The van der Waals surface area contributed by atoms with Crippen molar-refractivity contribution in [2.24, 2.45) is 0 Å². The van der Waals surface area contributed by atoms with Gasteiger partial charge in [-0.2, -0.15) is 0 Å². The number of hydrogen-bond acceptors (Lipinski definition) is 4. The minimum atomic E-state index is 0.125. The van der Waals surface area contributed by atoms with Gasteiger partial charge in [0.25, 0.3) is 0 Å². The SMILES string of the molecule is COc1ccccc1NC(=S)Nc1cccc(SCC(=O)c2ccc3c(c2)Cc2ccccc2-3)c1. The number of rotatable bonds is 7. The Labute approximate surface area is 214 Å². The molecule has 0 atom stereocenters. The van der Waals surface area contributed by atoms with Crippen molar-refractivity contribution in [2.75, 3.05) is 23.5 Å². The number of anilines is 2. The molecule has 0 saturated carbocycles. The van der Waals surface area contributed by atoms with Gasteiger partial charge >= 0.3 is 0 Å². The highest BCUT2D eigenvalue weighted by atomic mass is 32.2. The quantitative estimate of drug-likeness (QED) is 0.143. The van der Waals surface area contributed by atoms with Crippen LogP contribution >= 0.6 is 24.0 Å². The Morgan fingerprint density at radius 3 is 2.57 bits per heavy atom. The minimum Gasteiger partial charge on any atom is -0.495 e. The summed E-state index contributed by atoms with van der Waals surface area (Å²) in [7, 11) is 1.63. The Kier molecular flexibility index (Phi) is 6.84. The molecular formula is C29H24N2O2S2. The van der Waals surface area contributed by atoms with E-state index in [0.29, 0.717) is 10.9 Å². The third-order valence-corrected chi connectivity index (χ3v) is 7.13. The first-order valence-corrected chi connectivity index (χ1v) is 12.7. The fraction of sp³-hybridized carbons (Fsp3) is 0.103. The molecule has 0 amide bonds. The van der Waals surface area contributed by atoms with Crippen molar-refractivity contribution in [3.8, 4) is 16.9 Å². The smallest absolute Gasteiger partial charge is 0.175 e. The molecule has 1 aliphatic carbocycles. The second-order valence-corrected chi connectivity index (χ2v) is 9.68. The summed E-state index contributed by atoms with van der Waals surface area (Å²) in [6, 6.07) is 30.0. The van der Waals surface area contributed by atoms with Gasteiger partial charge in [0.1, 0.15) is 5.75 Å². The van der Waals surface area contributed by atoms with Crippen molar-refractivity contribution in [2.45, 2.75) is 11.3 Å². The average Bonchev–Trinajstić information content (AvgIpc) is 3.25. The summed E-state index contributed by atoms with van der Waals surface area (Å²) in [5, 5.41) is 6.83. The highest BCUT2D eigenvalue weighted by molar-refractivity contribution is 8.00. The third kappa shape index (κ3) is 5.24. The van der Waals surface area contributed by atoms with Gasteiger partial charge in [0.2, 0.25) is 0 Å². The lowest BCUT2D eigenvalue weighted by molar-refractivity contribution is 0.102. The first-order valence-electron chi connectivity index (χ1n) is 11.3. The van der Waals surface area contributed by atoms with E-state index in [-0.39, 0.29) is 5.78 Å². The molecule has 5 rings (SSSR count). The van der Waals surface area contributed by atoms with Crippen LogP contribution in [0.15, 0.2) is 95.9 Å². The molecule has 0 bridgehead atoms. The van der Waals surface area contributed by atoms with E-state index in [1.165, 1.54) is 34.0 Å². The maximum absolute atomic E-state index is 12.9. The number of fused-ring (bicyclic) bond motifs is 3. The number of methoxy groups -OCH3 is 1. The second kappa shape index (κ2) is 10.3. The summed E-state index contributed by atoms with van der Waals surface area (Å²) < 4.78 is 5.36. The Morgan fingerprint density at radius 1 is 0.886 bits per heavy atom. The maximum atomic E-state index is 12.9. The lowest BCUT2D eigenvalue weighted by Crippen LogP contribution is -2.19. The number of Topliss-reactive ketones (excluding diaryl/α,β-unsaturated/α-hetero) is 1. The van der Waals surface area contributed by atoms with Gasteiger partial charge in [-0.1, -0.05) is 54.6 Å². The molecule has 0 aromatic heterocycles. The number of hydrogen-bond donors (Lipinski definition) is 2. The highest BCUT2D eigenvalue weighted by Crippen LogP contribution is 2.37. The van der Waals surface area contributed by atoms with E-state index in [1.807, 2.05) is 54.6 Å². The largest absolute Gasteiger partial charge is 0.495 e. The van der Waals surface area contributed by atoms with Gasteiger partial charge in [0.15, 0.2) is 10.9 Å². The van der Waals surface area contributed by atoms with Crippen LogP contribution in [-0.4, -0.2) is 23.8 Å². The van der Waals surface area contributed by atoms with E-state index in [9.17, 15) is 4.79 Å². The molecule has 35 heavy (non-hydrogen) atoms. The summed E-state index contributed by atoms with van der Waals surface area (Å²) in [5.74, 6) is 1.22. The lowest BCUT2D eigenvalue weighted by atomic mass is 10.0. The number of carbonyl (C=O) groups excluding carboxylic acids is 1. The maximum Gasteiger partial charge on any atom is 0.175 e. The molecule has 0 aliphatic heterocycles. The van der Waals surface area contributed by atoms with Crippen LogP contribution in [0.25, 0.3) is 11.1 Å². The second-order valence-electron chi connectivity index (χ2n) is 8.22. The normalized spacial score (nSPS) is 11.3. The van der Waals surface area contributed by atoms with Crippen molar-refractivity contribution < 1.29 is 9.53 Å². The van der Waals surface area contributed by atoms with Gasteiger partial charge < -0.3 is 15.4 Å². The Hall–Kier alpha value is -3.61. The molecule has 0 fully saturated rings. The zero-order valence-corrected chi connectivity index (χ0v) is 20.8. The number of thioether (sulfide) groups is 1. The zero-order valence-electron chi connectivity index (χ0n) is 19.2. The molecule has 0 radical (unpaired) electrons. The van der Waals surface area contributed by atoms with Crippen LogP contribution in [-0.2, 0) is 6.42 Å². The van der Waals surface area contributed by atoms with Gasteiger partial charge in [-0.15, -0.1) is 11.8 Å². The van der Waals surface area contributed by atoms with Crippen LogP contribution in [0.2, 0.25) is 0 Å². The number of benzene rings is 4. The van der Waals surface area contributed by atoms with Crippen LogP contribution in [0.4, 0.5) is 11.4 Å². The number of ether oxygens (including phenoxy) is 1. The Bertz CT molecular complexity index is 1420. The van der Waals surface area contributed by atoms with E-state index in [0.717, 1.165) is 34.0 Å². The van der Waals surface area contributed by atoms with Gasteiger partial charge in [-0.05, 0) is 77.3 Å². The number of para-hydroxylation sites is 2. The first-order chi connectivity index (χ1) is 17.1. The van der Waals surface area contributed by atoms with Crippen molar-refractivity contribution in [1.82, 2.24) is 0 Å². The molecule has 0 saturated heterocycles. The van der Waals surface area contributed by atoms with E-state index in [2.05, 4.69) is 47.0 Å². The molecule has 0 spiro atoms. The van der Waals surface area contributed by atoms with Crippen LogP contribution in [0, 0.1) is 0 Å². The van der Waals surface area contributed by atoms with Gasteiger partial charge in [0, 0.05) is 16.1 Å². The average molecular weight is 497 g/mol. The molecule has 6 heteroatoms. The molecular weight excluding hydrogens is 472 g/mol. The first kappa shape index (κ1) is 23.1. The summed E-state index contributed by atoms with van der Waals surface area (Å²) in [6.45, 7) is 0. The minimum absolute atomic E-state index is 0.125. The Morgan fingerprint density at radius 2 is 1.69 bits per heavy atom. The summed E-state index contributed by atoms with van der Waals surface area (Å²) in [4.78, 5) is 13.9. The third-order valence-electron chi connectivity index (χ3n) is 5.93. The predicted octanol–water partition coefficient (Wildman–Crippen LogP) is 7.05. The fourth-order valence-corrected chi connectivity index (χ4v) is 5.32. The number of carbonyl (C=O) groups is 1. The van der Waals surface area contributed by atoms with Gasteiger partial charge in [0.05, 0.1) is 18.6 Å². The lowest BCUT2D eigenvalue weighted by Gasteiger charge is -2.13. The van der Waals surface area contributed by atoms with Crippen LogP contribution in [0.1, 0.15) is 21.5 Å². The molecule has 174 valence electrons. The standard InChI is InChI=1S/C29H24N2O2S2/c1-33-28-12-5-4-11-26(28)31-29(34)30-22-8-6-9-23(17-22)35-18-27(32)20-13-14-25-21(16-20)15-19-7-2-3-10-24(19)25/h2-14,16-17H,15,18H2,1H3,(H2,30,31,34). The van der Waals surface area contributed by atoms with E-state index < -0.39 is 0 Å². The van der Waals surface area contributed by atoms with Crippen molar-refractivity contribution in [3.63, 3.8) is 0 Å². The summed E-state index contributed by atoms with van der Waals surface area (Å²) >= 11 is 6.99. The fourth-order valence-electron chi connectivity index (χ4n) is 4.25. The highest BCUT2D eigenvalue weighted by Gasteiger charge is 2.19. The molecule has 4 aromatic rings. The Balaban J connectivity index is 1.20. The predicted molar refractivity (Wildman–Crippen MR) is 149 cm³/mol. The summed E-state index contributed by atoms with van der Waals surface area (Å²) in [6.07, 6.45) is 0.885.